The molecule has 3 heterocycles. The van der Waals surface area contributed by atoms with Gasteiger partial charge < -0.3 is 15.1 Å². The molecule has 39 heavy (non-hydrogen) atoms. The molecule has 2 saturated heterocycles. The zero-order valence-electron chi connectivity index (χ0n) is 21.9. The van der Waals surface area contributed by atoms with Crippen molar-refractivity contribution in [2.75, 3.05) is 37.0 Å². The lowest BCUT2D eigenvalue weighted by molar-refractivity contribution is -0.135. The summed E-state index contributed by atoms with van der Waals surface area (Å²) in [4.78, 5) is 41.5. The Balaban J connectivity index is 1.26. The highest BCUT2D eigenvalue weighted by Crippen LogP contribution is 2.37. The van der Waals surface area contributed by atoms with Crippen LogP contribution < -0.4 is 9.62 Å². The number of carbonyl (C=O) groups excluding carboxylic acids is 3. The Labute approximate surface area is 229 Å². The first kappa shape index (κ1) is 26.9. The molecule has 1 unspecified atom stereocenters. The second-order valence-corrected chi connectivity index (χ2v) is 12.2. The number of hydrogen-bond acceptors (Lipinski definition) is 5. The second-order valence-electron chi connectivity index (χ2n) is 10.3. The minimum atomic E-state index is -3.89. The molecule has 5 rings (SSSR count). The highest BCUT2D eigenvalue weighted by Gasteiger charge is 2.34. The van der Waals surface area contributed by atoms with E-state index in [-0.39, 0.29) is 41.1 Å². The van der Waals surface area contributed by atoms with Crippen molar-refractivity contribution in [2.45, 2.75) is 43.0 Å². The number of piperidine rings is 1. The smallest absolute Gasteiger partial charge is 0.264 e. The molecule has 10 heteroatoms. The zero-order valence-corrected chi connectivity index (χ0v) is 22.7. The van der Waals surface area contributed by atoms with Crippen LogP contribution in [-0.4, -0.2) is 68.7 Å². The van der Waals surface area contributed by atoms with E-state index < -0.39 is 10.0 Å². The maximum Gasteiger partial charge on any atom is 0.264 e. The lowest BCUT2D eigenvalue weighted by Gasteiger charge is -2.35. The number of carbonyl (C=O) groups is 3. The summed E-state index contributed by atoms with van der Waals surface area (Å²) in [6, 6.07) is 12.9. The molecule has 3 aliphatic rings. The highest BCUT2D eigenvalue weighted by atomic mass is 32.2. The molecule has 0 spiro atoms. The molecule has 1 atom stereocenters. The third-order valence-corrected chi connectivity index (χ3v) is 9.77. The van der Waals surface area contributed by atoms with Crippen molar-refractivity contribution in [3.8, 4) is 0 Å². The molecule has 0 radical (unpaired) electrons. The summed E-state index contributed by atoms with van der Waals surface area (Å²) in [7, 11) is -3.89. The van der Waals surface area contributed by atoms with Crippen LogP contribution in [0.15, 0.2) is 66.1 Å². The number of nitrogens with zero attached hydrogens (tertiary/aromatic N) is 3. The van der Waals surface area contributed by atoms with Crippen LogP contribution in [0.5, 0.6) is 0 Å². The largest absolute Gasteiger partial charge is 0.346 e. The number of nitrogens with one attached hydrogen (secondary N) is 1. The van der Waals surface area contributed by atoms with Gasteiger partial charge >= 0.3 is 0 Å². The second kappa shape index (κ2) is 11.2. The fraction of sp³-hybridized carbons (Fsp3) is 0.414. The number of benzene rings is 2. The maximum absolute atomic E-state index is 13.6. The van der Waals surface area contributed by atoms with Crippen LogP contribution in [0, 0.1) is 5.92 Å². The Kier molecular flexibility index (Phi) is 7.74. The molecule has 206 valence electrons. The van der Waals surface area contributed by atoms with Crippen molar-refractivity contribution in [1.82, 2.24) is 15.1 Å². The van der Waals surface area contributed by atoms with Crippen molar-refractivity contribution >= 4 is 33.4 Å². The van der Waals surface area contributed by atoms with Gasteiger partial charge in [-0.05, 0) is 74.1 Å². The summed E-state index contributed by atoms with van der Waals surface area (Å²) < 4.78 is 28.6. The van der Waals surface area contributed by atoms with Gasteiger partial charge in [-0.1, -0.05) is 24.8 Å². The first-order valence-corrected chi connectivity index (χ1v) is 15.0. The molecule has 2 aromatic carbocycles. The van der Waals surface area contributed by atoms with Gasteiger partial charge in [-0.2, -0.15) is 0 Å². The Morgan fingerprint density at radius 2 is 1.51 bits per heavy atom. The van der Waals surface area contributed by atoms with E-state index in [1.54, 1.807) is 29.2 Å². The summed E-state index contributed by atoms with van der Waals surface area (Å²) >= 11 is 0. The maximum atomic E-state index is 13.6. The summed E-state index contributed by atoms with van der Waals surface area (Å²) in [5.41, 5.74) is 1.66. The molecule has 3 amide bonds. The van der Waals surface area contributed by atoms with Gasteiger partial charge in [0.05, 0.1) is 16.6 Å². The Bertz CT molecular complexity index is 1360. The number of fused-ring (bicyclic) bond motifs is 1. The fourth-order valence-electron chi connectivity index (χ4n) is 5.77. The van der Waals surface area contributed by atoms with Crippen LogP contribution in [0.25, 0.3) is 0 Å². The molecule has 1 N–H and O–H groups in total. The van der Waals surface area contributed by atoms with Crippen LogP contribution >= 0.6 is 0 Å². The van der Waals surface area contributed by atoms with E-state index in [2.05, 4.69) is 11.9 Å². The fourth-order valence-corrected chi connectivity index (χ4v) is 7.27. The van der Waals surface area contributed by atoms with E-state index in [0.717, 1.165) is 31.5 Å². The van der Waals surface area contributed by atoms with Crippen LogP contribution in [-0.2, 0) is 19.6 Å². The van der Waals surface area contributed by atoms with E-state index in [1.165, 1.54) is 22.5 Å². The SMILES string of the molecule is C=CC(=O)NC1CCN(S(=O)(=O)c2ccc(C(=O)N3CCC(C(=O)N4CCCC4)CC3)cc2)c2ccccc21. The predicted octanol–water partition coefficient (Wildman–Crippen LogP) is 3.10. The van der Waals surface area contributed by atoms with Gasteiger partial charge in [0.1, 0.15) is 0 Å². The Morgan fingerprint density at radius 3 is 2.18 bits per heavy atom. The number of sulfonamides is 1. The van der Waals surface area contributed by atoms with Crippen molar-refractivity contribution in [3.05, 3.63) is 72.3 Å². The van der Waals surface area contributed by atoms with Crippen LogP contribution in [0.1, 0.15) is 54.1 Å². The molecule has 0 bridgehead atoms. The molecule has 2 aromatic rings. The zero-order chi connectivity index (χ0) is 27.6. The van der Waals surface area contributed by atoms with Crippen LogP contribution in [0.2, 0.25) is 0 Å². The van der Waals surface area contributed by atoms with Crippen molar-refractivity contribution in [3.63, 3.8) is 0 Å². The van der Waals surface area contributed by atoms with Gasteiger partial charge in [0.25, 0.3) is 15.9 Å². The molecular weight excluding hydrogens is 516 g/mol. The van der Waals surface area contributed by atoms with E-state index in [4.69, 9.17) is 0 Å². The summed E-state index contributed by atoms with van der Waals surface area (Å²) in [6.07, 6.45) is 5.04. The number of amides is 3. The van der Waals surface area contributed by atoms with Gasteiger partial charge in [-0.3, -0.25) is 18.7 Å². The van der Waals surface area contributed by atoms with E-state index >= 15 is 0 Å². The highest BCUT2D eigenvalue weighted by molar-refractivity contribution is 7.92. The number of hydrogen-bond donors (Lipinski definition) is 1. The minimum absolute atomic E-state index is 0.0308. The molecule has 0 aromatic heterocycles. The number of likely N-dealkylation sites (tertiary alicyclic amines) is 2. The Hall–Kier alpha value is -3.66. The number of anilines is 1. The van der Waals surface area contributed by atoms with Gasteiger partial charge in [-0.15, -0.1) is 0 Å². The van der Waals surface area contributed by atoms with Crippen molar-refractivity contribution < 1.29 is 22.8 Å². The minimum Gasteiger partial charge on any atom is -0.346 e. The van der Waals surface area contributed by atoms with Gasteiger partial charge in [-0.25, -0.2) is 8.42 Å². The number of para-hydroxylation sites is 1. The quantitative estimate of drug-likeness (QED) is 0.557. The average molecular weight is 551 g/mol. The molecule has 0 aliphatic carbocycles. The first-order valence-electron chi connectivity index (χ1n) is 13.5. The molecular formula is C29H34N4O5S. The predicted molar refractivity (Wildman–Crippen MR) is 148 cm³/mol. The first-order chi connectivity index (χ1) is 18.8. The Morgan fingerprint density at radius 1 is 0.846 bits per heavy atom. The molecule has 2 fully saturated rings. The van der Waals surface area contributed by atoms with Crippen LogP contribution in [0.3, 0.4) is 0 Å². The van der Waals surface area contributed by atoms with E-state index in [1.807, 2.05) is 17.0 Å². The number of rotatable bonds is 6. The summed E-state index contributed by atoms with van der Waals surface area (Å²) in [5, 5.41) is 2.87. The molecule has 0 saturated carbocycles. The van der Waals surface area contributed by atoms with Gasteiger partial charge in [0.15, 0.2) is 0 Å². The topological polar surface area (TPSA) is 107 Å². The normalized spacial score (nSPS) is 19.9. The van der Waals surface area contributed by atoms with Gasteiger partial charge in [0, 0.05) is 44.2 Å². The van der Waals surface area contributed by atoms with Crippen LogP contribution in [0.4, 0.5) is 5.69 Å². The third kappa shape index (κ3) is 5.43. The lowest BCUT2D eigenvalue weighted by atomic mass is 9.95. The van der Waals surface area contributed by atoms with Crippen molar-refractivity contribution in [1.29, 1.82) is 0 Å². The summed E-state index contributed by atoms with van der Waals surface area (Å²) in [5.74, 6) is -0.288. The standard InChI is InChI=1S/C29H34N4O5S/c1-2-27(34)30-25-15-20-33(26-8-4-3-7-24(25)26)39(37,38)23-11-9-21(10-12-23)28(35)32-18-13-22(14-19-32)29(36)31-16-5-6-17-31/h2-4,7-12,22,25H,1,5-6,13-20H2,(H,30,34). The van der Waals surface area contributed by atoms with Crippen molar-refractivity contribution in [2.24, 2.45) is 5.92 Å². The van der Waals surface area contributed by atoms with E-state index in [0.29, 0.717) is 43.6 Å². The monoisotopic (exact) mass is 550 g/mol. The molecule has 9 nitrogen and oxygen atoms in total. The van der Waals surface area contributed by atoms with Gasteiger partial charge in [0.2, 0.25) is 11.8 Å². The third-order valence-electron chi connectivity index (χ3n) is 7.94. The summed E-state index contributed by atoms with van der Waals surface area (Å²) in [6.45, 7) is 6.39. The average Bonchev–Trinajstić information content (AvgIpc) is 3.52. The molecule has 3 aliphatic heterocycles. The lowest BCUT2D eigenvalue weighted by Crippen LogP contribution is -2.43. The van der Waals surface area contributed by atoms with E-state index in [9.17, 15) is 22.8 Å².